The molecule has 1 aromatic rings. The minimum Gasteiger partial charge on any atom is -0.383 e. The summed E-state index contributed by atoms with van der Waals surface area (Å²) in [5, 5.41) is 2.70. The Morgan fingerprint density at radius 3 is 2.38 bits per heavy atom. The van der Waals surface area contributed by atoms with E-state index < -0.39 is 0 Å². The van der Waals surface area contributed by atoms with Gasteiger partial charge in [-0.15, -0.1) is 0 Å². The van der Waals surface area contributed by atoms with Crippen molar-refractivity contribution in [2.24, 2.45) is 0 Å². The van der Waals surface area contributed by atoms with Gasteiger partial charge >= 0.3 is 0 Å². The number of hydrogen-bond donors (Lipinski definition) is 1. The molecule has 2 rings (SSSR count). The third-order valence-corrected chi connectivity index (χ3v) is 3.29. The largest absolute Gasteiger partial charge is 0.383 e. The number of imide groups is 1. The van der Waals surface area contributed by atoms with E-state index in [1.807, 2.05) is 0 Å². The normalized spacial score (nSPS) is 13.5. The Balaban J connectivity index is 1.81. The van der Waals surface area contributed by atoms with Crippen molar-refractivity contribution in [3.63, 3.8) is 0 Å². The van der Waals surface area contributed by atoms with Crippen LogP contribution < -0.4 is 5.32 Å². The lowest BCUT2D eigenvalue weighted by atomic mass is 10.1. The molecule has 3 amide bonds. The van der Waals surface area contributed by atoms with Crippen LogP contribution in [0.5, 0.6) is 0 Å². The lowest BCUT2D eigenvalue weighted by molar-refractivity contribution is -0.121. The fourth-order valence-electron chi connectivity index (χ4n) is 2.22. The lowest BCUT2D eigenvalue weighted by Crippen LogP contribution is -2.32. The van der Waals surface area contributed by atoms with Gasteiger partial charge in [0.05, 0.1) is 17.7 Å². The second kappa shape index (κ2) is 6.99. The number of carbonyl (C=O) groups excluding carboxylic acids is 3. The van der Waals surface area contributed by atoms with Gasteiger partial charge in [0.2, 0.25) is 5.91 Å². The Labute approximate surface area is 123 Å². The molecule has 0 aliphatic carbocycles. The zero-order valence-corrected chi connectivity index (χ0v) is 11.9. The van der Waals surface area contributed by atoms with Gasteiger partial charge < -0.3 is 10.1 Å². The summed E-state index contributed by atoms with van der Waals surface area (Å²) in [6, 6.07) is 6.76. The van der Waals surface area contributed by atoms with Crippen LogP contribution >= 0.6 is 0 Å². The highest BCUT2D eigenvalue weighted by atomic mass is 16.5. The molecule has 1 N–H and O–H groups in total. The van der Waals surface area contributed by atoms with Crippen molar-refractivity contribution in [1.82, 2.24) is 10.2 Å². The molecule has 21 heavy (non-hydrogen) atoms. The monoisotopic (exact) mass is 290 g/mol. The number of benzene rings is 1. The molecular formula is C15H18N2O4. The molecule has 0 saturated heterocycles. The van der Waals surface area contributed by atoms with Crippen molar-refractivity contribution >= 4 is 17.7 Å². The Bertz CT molecular complexity index is 521. The standard InChI is InChI=1S/C15H18N2O4/c1-21-10-8-16-13(18)7-4-9-17-14(19)11-5-2-3-6-12(11)15(17)20/h2-3,5-6H,4,7-10H2,1H3,(H,16,18). The SMILES string of the molecule is COCCNC(=O)CCCN1C(=O)c2ccccc2C1=O. The van der Waals surface area contributed by atoms with Crippen LogP contribution in [0.15, 0.2) is 24.3 Å². The van der Waals surface area contributed by atoms with Gasteiger partial charge in [-0.05, 0) is 18.6 Å². The maximum atomic E-state index is 12.1. The number of carbonyl (C=O) groups is 3. The van der Waals surface area contributed by atoms with Crippen LogP contribution in [0.25, 0.3) is 0 Å². The van der Waals surface area contributed by atoms with E-state index in [2.05, 4.69) is 5.32 Å². The van der Waals surface area contributed by atoms with Gasteiger partial charge in [-0.2, -0.15) is 0 Å². The van der Waals surface area contributed by atoms with E-state index in [0.29, 0.717) is 30.7 Å². The Morgan fingerprint density at radius 2 is 1.81 bits per heavy atom. The fraction of sp³-hybridized carbons (Fsp3) is 0.400. The number of hydrogen-bond acceptors (Lipinski definition) is 4. The third kappa shape index (κ3) is 3.46. The summed E-state index contributed by atoms with van der Waals surface area (Å²) in [4.78, 5) is 36.9. The molecule has 112 valence electrons. The zero-order chi connectivity index (χ0) is 15.2. The van der Waals surface area contributed by atoms with Crippen molar-refractivity contribution < 1.29 is 19.1 Å². The second-order valence-corrected chi connectivity index (χ2v) is 4.75. The minimum atomic E-state index is -0.282. The first-order chi connectivity index (χ1) is 10.1. The maximum absolute atomic E-state index is 12.1. The second-order valence-electron chi connectivity index (χ2n) is 4.75. The summed E-state index contributed by atoms with van der Waals surface area (Å²) in [6.07, 6.45) is 0.724. The number of nitrogens with zero attached hydrogens (tertiary/aromatic N) is 1. The van der Waals surface area contributed by atoms with Gasteiger partial charge in [0, 0.05) is 26.6 Å². The summed E-state index contributed by atoms with van der Waals surface area (Å²) >= 11 is 0. The molecule has 0 bridgehead atoms. The Hall–Kier alpha value is -2.21. The molecule has 0 unspecified atom stereocenters. The average molecular weight is 290 g/mol. The van der Waals surface area contributed by atoms with Crippen molar-refractivity contribution in [2.45, 2.75) is 12.8 Å². The quantitative estimate of drug-likeness (QED) is 0.596. The van der Waals surface area contributed by atoms with E-state index >= 15 is 0 Å². The molecular weight excluding hydrogens is 272 g/mol. The number of methoxy groups -OCH3 is 1. The van der Waals surface area contributed by atoms with Crippen LogP contribution in [0.4, 0.5) is 0 Å². The third-order valence-electron chi connectivity index (χ3n) is 3.29. The van der Waals surface area contributed by atoms with Crippen LogP contribution in [0.2, 0.25) is 0 Å². The van der Waals surface area contributed by atoms with Gasteiger partial charge in [-0.25, -0.2) is 0 Å². The number of nitrogens with one attached hydrogen (secondary N) is 1. The number of rotatable bonds is 7. The molecule has 0 atom stereocenters. The smallest absolute Gasteiger partial charge is 0.261 e. The minimum absolute atomic E-state index is 0.108. The molecule has 1 aliphatic heterocycles. The molecule has 6 heteroatoms. The molecule has 0 radical (unpaired) electrons. The highest BCUT2D eigenvalue weighted by Crippen LogP contribution is 2.22. The first kappa shape index (κ1) is 15.2. The highest BCUT2D eigenvalue weighted by molar-refractivity contribution is 6.21. The first-order valence-corrected chi connectivity index (χ1v) is 6.86. The molecule has 0 fully saturated rings. The summed E-state index contributed by atoms with van der Waals surface area (Å²) in [5.74, 6) is -0.672. The molecule has 6 nitrogen and oxygen atoms in total. The van der Waals surface area contributed by atoms with Crippen molar-refractivity contribution in [1.29, 1.82) is 0 Å². The summed E-state index contributed by atoms with van der Waals surface area (Å²) < 4.78 is 4.83. The number of amides is 3. The average Bonchev–Trinajstić information content (AvgIpc) is 2.73. The van der Waals surface area contributed by atoms with E-state index in [1.165, 1.54) is 4.90 Å². The van der Waals surface area contributed by atoms with Gasteiger partial charge in [0.25, 0.3) is 11.8 Å². The van der Waals surface area contributed by atoms with Gasteiger partial charge in [-0.3, -0.25) is 19.3 Å². The first-order valence-electron chi connectivity index (χ1n) is 6.86. The summed E-state index contributed by atoms with van der Waals surface area (Å²) in [5.41, 5.74) is 0.874. The molecule has 0 aromatic heterocycles. The predicted molar refractivity (Wildman–Crippen MR) is 75.9 cm³/mol. The van der Waals surface area contributed by atoms with Crippen LogP contribution in [-0.2, 0) is 9.53 Å². The van der Waals surface area contributed by atoms with Crippen molar-refractivity contribution in [3.8, 4) is 0 Å². The van der Waals surface area contributed by atoms with Crippen LogP contribution in [0.1, 0.15) is 33.6 Å². The Kier molecular flexibility index (Phi) is 5.05. The predicted octanol–water partition coefficient (Wildman–Crippen LogP) is 0.825. The summed E-state index contributed by atoms with van der Waals surface area (Å²) in [7, 11) is 1.56. The van der Waals surface area contributed by atoms with Crippen LogP contribution in [0, 0.1) is 0 Å². The fourth-order valence-corrected chi connectivity index (χ4v) is 2.22. The molecule has 1 aliphatic rings. The van der Waals surface area contributed by atoms with Gasteiger partial charge in [0.1, 0.15) is 0 Å². The van der Waals surface area contributed by atoms with Crippen LogP contribution in [0.3, 0.4) is 0 Å². The number of fused-ring (bicyclic) bond motifs is 1. The maximum Gasteiger partial charge on any atom is 0.261 e. The van der Waals surface area contributed by atoms with E-state index in [-0.39, 0.29) is 30.7 Å². The topological polar surface area (TPSA) is 75.7 Å². The van der Waals surface area contributed by atoms with Crippen molar-refractivity contribution in [2.75, 3.05) is 26.8 Å². The molecule has 0 spiro atoms. The summed E-state index contributed by atoms with van der Waals surface area (Å²) in [6.45, 7) is 1.18. The highest BCUT2D eigenvalue weighted by Gasteiger charge is 2.34. The van der Waals surface area contributed by atoms with Crippen molar-refractivity contribution in [3.05, 3.63) is 35.4 Å². The van der Waals surface area contributed by atoms with Crippen LogP contribution in [-0.4, -0.2) is 49.4 Å². The zero-order valence-electron chi connectivity index (χ0n) is 11.9. The molecule has 1 heterocycles. The van der Waals surface area contributed by atoms with Gasteiger partial charge in [0.15, 0.2) is 0 Å². The molecule has 0 saturated carbocycles. The Morgan fingerprint density at radius 1 is 1.19 bits per heavy atom. The van der Waals surface area contributed by atoms with Gasteiger partial charge in [-0.1, -0.05) is 12.1 Å². The number of ether oxygens (including phenoxy) is 1. The molecule has 1 aromatic carbocycles. The van der Waals surface area contributed by atoms with E-state index in [4.69, 9.17) is 4.74 Å². The van der Waals surface area contributed by atoms with E-state index in [9.17, 15) is 14.4 Å². The van der Waals surface area contributed by atoms with E-state index in [1.54, 1.807) is 31.4 Å². The lowest BCUT2D eigenvalue weighted by Gasteiger charge is -2.13. The van der Waals surface area contributed by atoms with E-state index in [0.717, 1.165) is 0 Å².